The molecule has 0 saturated carbocycles. The average Bonchev–Trinajstić information content (AvgIpc) is 3.19. The van der Waals surface area contributed by atoms with Crippen molar-refractivity contribution in [2.45, 2.75) is 24.8 Å². The molecular formula is C19H21F6N3O4. The van der Waals surface area contributed by atoms with Gasteiger partial charge >= 0.3 is 18.3 Å². The van der Waals surface area contributed by atoms with Gasteiger partial charge in [-0.25, -0.2) is 4.79 Å². The van der Waals surface area contributed by atoms with Crippen LogP contribution in [0.1, 0.15) is 17.5 Å². The van der Waals surface area contributed by atoms with Gasteiger partial charge in [0.2, 0.25) is 11.8 Å². The predicted molar refractivity (Wildman–Crippen MR) is 101 cm³/mol. The maximum atomic E-state index is 12.5. The van der Waals surface area contributed by atoms with Crippen molar-refractivity contribution in [1.82, 2.24) is 15.5 Å². The fourth-order valence-electron chi connectivity index (χ4n) is 2.51. The largest absolute Gasteiger partial charge is 0.490 e. The molecule has 0 bridgehead atoms. The minimum Gasteiger partial charge on any atom is -0.475 e. The third-order valence-electron chi connectivity index (χ3n) is 4.27. The van der Waals surface area contributed by atoms with Crippen LogP contribution in [0.25, 0.3) is 6.08 Å². The third kappa shape index (κ3) is 9.37. The van der Waals surface area contributed by atoms with Crippen molar-refractivity contribution in [2.75, 3.05) is 26.7 Å². The van der Waals surface area contributed by atoms with Gasteiger partial charge in [0, 0.05) is 25.2 Å². The highest BCUT2D eigenvalue weighted by Crippen LogP contribution is 2.29. The summed E-state index contributed by atoms with van der Waals surface area (Å²) in [7, 11) is 1.84. The number of rotatable bonds is 5. The van der Waals surface area contributed by atoms with Gasteiger partial charge in [-0.1, -0.05) is 12.1 Å². The Morgan fingerprint density at radius 2 is 1.69 bits per heavy atom. The zero-order chi connectivity index (χ0) is 24.5. The minimum absolute atomic E-state index is 0.105. The van der Waals surface area contributed by atoms with Crippen molar-refractivity contribution in [3.05, 3.63) is 41.5 Å². The number of likely N-dealkylation sites (N-methyl/N-ethyl adjacent to an activating group) is 1. The number of hydrogen-bond donors (Lipinski definition) is 3. The lowest BCUT2D eigenvalue weighted by Crippen LogP contribution is -2.40. The molecule has 0 radical (unpaired) electrons. The van der Waals surface area contributed by atoms with E-state index in [0.29, 0.717) is 18.7 Å². The molecule has 178 valence electrons. The molecule has 32 heavy (non-hydrogen) atoms. The van der Waals surface area contributed by atoms with Crippen LogP contribution in [-0.4, -0.2) is 66.7 Å². The molecule has 13 heteroatoms. The van der Waals surface area contributed by atoms with Crippen molar-refractivity contribution in [3.8, 4) is 0 Å². The molecule has 0 aromatic heterocycles. The lowest BCUT2D eigenvalue weighted by Gasteiger charge is -2.16. The second-order valence-corrected chi connectivity index (χ2v) is 6.59. The van der Waals surface area contributed by atoms with Crippen molar-refractivity contribution >= 4 is 23.9 Å². The van der Waals surface area contributed by atoms with Crippen LogP contribution >= 0.6 is 0 Å². The first-order valence-electron chi connectivity index (χ1n) is 9.12. The predicted octanol–water partition coefficient (Wildman–Crippen LogP) is 2.29. The van der Waals surface area contributed by atoms with Crippen LogP contribution in [0.4, 0.5) is 26.3 Å². The first kappa shape index (κ1) is 26.9. The lowest BCUT2D eigenvalue weighted by atomic mass is 10.1. The quantitative estimate of drug-likeness (QED) is 0.454. The van der Waals surface area contributed by atoms with Gasteiger partial charge in [0.25, 0.3) is 0 Å². The molecule has 2 rings (SSSR count). The van der Waals surface area contributed by atoms with Crippen LogP contribution in [0.2, 0.25) is 0 Å². The Labute approximate surface area is 179 Å². The molecule has 0 unspecified atom stereocenters. The molecule has 1 aromatic carbocycles. The summed E-state index contributed by atoms with van der Waals surface area (Å²) in [6.07, 6.45) is -6.00. The van der Waals surface area contributed by atoms with Crippen molar-refractivity contribution < 1.29 is 45.8 Å². The first-order chi connectivity index (χ1) is 14.7. The summed E-state index contributed by atoms with van der Waals surface area (Å²) in [6.45, 7) is 1.17. The van der Waals surface area contributed by atoms with Gasteiger partial charge in [0.1, 0.15) is 0 Å². The molecule has 0 spiro atoms. The molecule has 1 heterocycles. The van der Waals surface area contributed by atoms with Gasteiger partial charge in [0.05, 0.1) is 12.1 Å². The van der Waals surface area contributed by atoms with Crippen LogP contribution in [0.15, 0.2) is 30.3 Å². The van der Waals surface area contributed by atoms with E-state index in [1.165, 1.54) is 24.3 Å². The minimum atomic E-state index is -5.08. The molecule has 7 nitrogen and oxygen atoms in total. The highest BCUT2D eigenvalue weighted by atomic mass is 19.4. The number of benzene rings is 1. The number of hydrogen-bond acceptors (Lipinski definition) is 4. The molecule has 1 fully saturated rings. The maximum Gasteiger partial charge on any atom is 0.490 e. The normalized spacial score (nSPS) is 16.5. The standard InChI is InChI=1S/C17H20F3N3O2.C2HF3O2/c1-21-14-8-9-23(11-14)16(25)10-22-15(24)7-4-12-2-5-13(6-3-12)17(18,19)20;3-2(4,5)1(6)7/h2-7,14,21H,8-11H2,1H3,(H,22,24);(H,6,7)/b7-4+;/t14-;/m0./s1. The van der Waals surface area contributed by atoms with Gasteiger partial charge < -0.3 is 20.6 Å². The summed E-state index contributed by atoms with van der Waals surface area (Å²) in [6, 6.07) is 4.73. The average molecular weight is 469 g/mol. The van der Waals surface area contributed by atoms with Gasteiger partial charge in [-0.15, -0.1) is 0 Å². The smallest absolute Gasteiger partial charge is 0.475 e. The molecule has 1 aliphatic heterocycles. The van der Waals surface area contributed by atoms with Crippen molar-refractivity contribution in [3.63, 3.8) is 0 Å². The van der Waals surface area contributed by atoms with E-state index in [1.807, 2.05) is 7.05 Å². The van der Waals surface area contributed by atoms with Crippen molar-refractivity contribution in [2.24, 2.45) is 0 Å². The number of carbonyl (C=O) groups excluding carboxylic acids is 2. The van der Waals surface area contributed by atoms with E-state index in [9.17, 15) is 35.9 Å². The number of likely N-dealkylation sites (tertiary alicyclic amines) is 1. The Bertz CT molecular complexity index is 822. The summed E-state index contributed by atoms with van der Waals surface area (Å²) in [5, 5.41) is 12.7. The number of nitrogens with zero attached hydrogens (tertiary/aromatic N) is 1. The summed E-state index contributed by atoms with van der Waals surface area (Å²) in [4.78, 5) is 34.3. The Kier molecular flexibility index (Phi) is 9.69. The van der Waals surface area contributed by atoms with Crippen LogP contribution in [-0.2, 0) is 20.6 Å². The Morgan fingerprint density at radius 3 is 2.12 bits per heavy atom. The van der Waals surface area contributed by atoms with E-state index in [0.717, 1.165) is 18.6 Å². The third-order valence-corrected chi connectivity index (χ3v) is 4.27. The van der Waals surface area contributed by atoms with E-state index in [-0.39, 0.29) is 18.5 Å². The zero-order valence-electron chi connectivity index (χ0n) is 16.8. The molecule has 1 aromatic rings. The number of amides is 2. The number of alkyl halides is 6. The second kappa shape index (κ2) is 11.5. The van der Waals surface area contributed by atoms with Gasteiger partial charge in [-0.2, -0.15) is 26.3 Å². The number of aliphatic carboxylic acids is 1. The SMILES string of the molecule is CN[C@H]1CCN(C(=O)CNC(=O)/C=C/c2ccc(C(F)(F)F)cc2)C1.O=C(O)C(F)(F)F. The molecule has 1 atom stereocenters. The summed E-state index contributed by atoms with van der Waals surface area (Å²) in [5.41, 5.74) is -0.281. The van der Waals surface area contributed by atoms with Crippen LogP contribution < -0.4 is 10.6 Å². The van der Waals surface area contributed by atoms with Gasteiger partial charge in [-0.05, 0) is 37.2 Å². The number of carboxylic acids is 1. The molecule has 1 saturated heterocycles. The number of halogens is 6. The van der Waals surface area contributed by atoms with Crippen LogP contribution in [0, 0.1) is 0 Å². The first-order valence-corrected chi connectivity index (χ1v) is 9.12. The van der Waals surface area contributed by atoms with Gasteiger partial charge in [-0.3, -0.25) is 9.59 Å². The Morgan fingerprint density at radius 1 is 1.12 bits per heavy atom. The summed E-state index contributed by atoms with van der Waals surface area (Å²) in [5.74, 6) is -3.39. The van der Waals surface area contributed by atoms with E-state index >= 15 is 0 Å². The van der Waals surface area contributed by atoms with Crippen LogP contribution in [0.5, 0.6) is 0 Å². The molecule has 1 aliphatic rings. The highest BCUT2D eigenvalue weighted by molar-refractivity contribution is 5.94. The van der Waals surface area contributed by atoms with Gasteiger partial charge in [0.15, 0.2) is 0 Å². The maximum absolute atomic E-state index is 12.5. The highest BCUT2D eigenvalue weighted by Gasteiger charge is 2.38. The fraction of sp³-hybridized carbons (Fsp3) is 0.421. The number of carbonyl (C=O) groups is 3. The summed E-state index contributed by atoms with van der Waals surface area (Å²) < 4.78 is 69.1. The zero-order valence-corrected chi connectivity index (χ0v) is 16.8. The topological polar surface area (TPSA) is 98.7 Å². The fourth-order valence-corrected chi connectivity index (χ4v) is 2.51. The van der Waals surface area contributed by atoms with E-state index < -0.39 is 29.8 Å². The van der Waals surface area contributed by atoms with E-state index in [1.54, 1.807) is 4.90 Å². The molecular weight excluding hydrogens is 448 g/mol. The Balaban J connectivity index is 0.000000633. The second-order valence-electron chi connectivity index (χ2n) is 6.59. The monoisotopic (exact) mass is 469 g/mol. The van der Waals surface area contributed by atoms with Crippen LogP contribution in [0.3, 0.4) is 0 Å². The van der Waals surface area contributed by atoms with E-state index in [2.05, 4.69) is 10.6 Å². The molecule has 2 amide bonds. The Hall–Kier alpha value is -3.09. The number of carboxylic acid groups (broad SMARTS) is 1. The molecule has 3 N–H and O–H groups in total. The van der Waals surface area contributed by atoms with Crippen molar-refractivity contribution in [1.29, 1.82) is 0 Å². The summed E-state index contributed by atoms with van der Waals surface area (Å²) >= 11 is 0. The van der Waals surface area contributed by atoms with E-state index in [4.69, 9.17) is 9.90 Å². The number of nitrogens with one attached hydrogen (secondary N) is 2. The molecule has 0 aliphatic carbocycles. The lowest BCUT2D eigenvalue weighted by molar-refractivity contribution is -0.192.